The van der Waals surface area contributed by atoms with E-state index in [4.69, 9.17) is 5.73 Å². The van der Waals surface area contributed by atoms with Gasteiger partial charge in [0.25, 0.3) is 0 Å². The van der Waals surface area contributed by atoms with Gasteiger partial charge >= 0.3 is 0 Å². The van der Waals surface area contributed by atoms with Crippen molar-refractivity contribution < 1.29 is 4.79 Å². The van der Waals surface area contributed by atoms with Crippen LogP contribution in [0.3, 0.4) is 0 Å². The second-order valence-corrected chi connectivity index (χ2v) is 4.16. The first kappa shape index (κ1) is 11.5. The topological polar surface area (TPSA) is 58.4 Å². The molecule has 1 fully saturated rings. The van der Waals surface area contributed by atoms with E-state index < -0.39 is 6.04 Å². The Kier molecular flexibility index (Phi) is 4.35. The van der Waals surface area contributed by atoms with E-state index in [2.05, 4.69) is 17.3 Å². The van der Waals surface area contributed by atoms with Gasteiger partial charge in [0.15, 0.2) is 0 Å². The van der Waals surface area contributed by atoms with Crippen molar-refractivity contribution >= 4 is 5.91 Å². The number of carbonyl (C=O) groups is 1. The molecule has 1 amide bonds. The Morgan fingerprint density at radius 3 is 2.93 bits per heavy atom. The molecule has 4 nitrogen and oxygen atoms in total. The smallest absolute Gasteiger partial charge is 0.236 e. The monoisotopic (exact) mass is 199 g/mol. The summed E-state index contributed by atoms with van der Waals surface area (Å²) < 4.78 is 0. The molecule has 0 aromatic rings. The SMILES string of the molecule is C[C@H](N)C(=O)NC[C@@H]1CCCCN1C. The fourth-order valence-electron chi connectivity index (χ4n) is 1.78. The standard InChI is InChI=1S/C10H21N3O/c1-8(11)10(14)12-7-9-5-3-4-6-13(9)2/h8-9H,3-7,11H2,1-2H3,(H,12,14)/t8-,9-/m0/s1. The van der Waals surface area contributed by atoms with E-state index in [0.717, 1.165) is 13.1 Å². The maximum atomic E-state index is 11.2. The zero-order valence-electron chi connectivity index (χ0n) is 9.12. The van der Waals surface area contributed by atoms with Gasteiger partial charge in [0, 0.05) is 12.6 Å². The first-order valence-corrected chi connectivity index (χ1v) is 5.35. The van der Waals surface area contributed by atoms with Gasteiger partial charge in [-0.25, -0.2) is 0 Å². The minimum absolute atomic E-state index is 0.0519. The highest BCUT2D eigenvalue weighted by atomic mass is 16.2. The predicted molar refractivity (Wildman–Crippen MR) is 56.9 cm³/mol. The van der Waals surface area contributed by atoms with Gasteiger partial charge in [-0.2, -0.15) is 0 Å². The number of nitrogens with zero attached hydrogens (tertiary/aromatic N) is 1. The molecule has 1 aliphatic rings. The lowest BCUT2D eigenvalue weighted by atomic mass is 10.0. The molecule has 0 unspecified atom stereocenters. The van der Waals surface area contributed by atoms with E-state index in [1.165, 1.54) is 19.3 Å². The largest absolute Gasteiger partial charge is 0.353 e. The van der Waals surface area contributed by atoms with Gasteiger partial charge in [-0.1, -0.05) is 6.42 Å². The maximum absolute atomic E-state index is 11.2. The Morgan fingerprint density at radius 2 is 2.36 bits per heavy atom. The number of likely N-dealkylation sites (tertiary alicyclic amines) is 1. The Bertz CT molecular complexity index is 194. The number of piperidine rings is 1. The third-order valence-corrected chi connectivity index (χ3v) is 2.85. The van der Waals surface area contributed by atoms with Gasteiger partial charge in [-0.05, 0) is 33.4 Å². The van der Waals surface area contributed by atoms with Gasteiger partial charge in [-0.15, -0.1) is 0 Å². The summed E-state index contributed by atoms with van der Waals surface area (Å²) >= 11 is 0. The molecule has 4 heteroatoms. The summed E-state index contributed by atoms with van der Waals surface area (Å²) in [6.07, 6.45) is 3.72. The first-order chi connectivity index (χ1) is 6.61. The van der Waals surface area contributed by atoms with Crippen LogP contribution in [0.5, 0.6) is 0 Å². The molecule has 0 aliphatic carbocycles. The highest BCUT2D eigenvalue weighted by Crippen LogP contribution is 2.13. The van der Waals surface area contributed by atoms with E-state index >= 15 is 0 Å². The quantitative estimate of drug-likeness (QED) is 0.669. The van der Waals surface area contributed by atoms with Crippen LogP contribution < -0.4 is 11.1 Å². The normalized spacial score (nSPS) is 25.8. The van der Waals surface area contributed by atoms with Crippen LogP contribution in [0.4, 0.5) is 0 Å². The minimum Gasteiger partial charge on any atom is -0.353 e. The number of hydrogen-bond donors (Lipinski definition) is 2. The Morgan fingerprint density at radius 1 is 1.64 bits per heavy atom. The van der Waals surface area contributed by atoms with E-state index in [0.29, 0.717) is 6.04 Å². The lowest BCUT2D eigenvalue weighted by Crippen LogP contribution is -2.47. The number of carbonyl (C=O) groups excluding carboxylic acids is 1. The van der Waals surface area contributed by atoms with Crippen molar-refractivity contribution in [2.75, 3.05) is 20.1 Å². The second-order valence-electron chi connectivity index (χ2n) is 4.16. The zero-order valence-corrected chi connectivity index (χ0v) is 9.12. The number of hydrogen-bond acceptors (Lipinski definition) is 3. The average Bonchev–Trinajstić information content (AvgIpc) is 2.16. The average molecular weight is 199 g/mol. The van der Waals surface area contributed by atoms with Crippen LogP contribution in [0.1, 0.15) is 26.2 Å². The second kappa shape index (κ2) is 5.32. The molecular weight excluding hydrogens is 178 g/mol. The van der Waals surface area contributed by atoms with Crippen LogP contribution in [0.25, 0.3) is 0 Å². The molecule has 0 radical (unpaired) electrons. The van der Waals surface area contributed by atoms with Crippen molar-refractivity contribution in [1.29, 1.82) is 0 Å². The number of nitrogens with two attached hydrogens (primary N) is 1. The van der Waals surface area contributed by atoms with Crippen molar-refractivity contribution in [2.24, 2.45) is 5.73 Å². The van der Waals surface area contributed by atoms with Crippen molar-refractivity contribution in [3.63, 3.8) is 0 Å². The molecule has 1 saturated heterocycles. The van der Waals surface area contributed by atoms with E-state index in [1.807, 2.05) is 0 Å². The fourth-order valence-corrected chi connectivity index (χ4v) is 1.78. The Balaban J connectivity index is 2.26. The lowest BCUT2D eigenvalue weighted by Gasteiger charge is -2.32. The molecule has 82 valence electrons. The number of nitrogens with one attached hydrogen (secondary N) is 1. The fraction of sp³-hybridized carbons (Fsp3) is 0.900. The molecular formula is C10H21N3O. The predicted octanol–water partition coefficient (Wildman–Crippen LogP) is -0.0659. The van der Waals surface area contributed by atoms with Crippen molar-refractivity contribution in [2.45, 2.75) is 38.3 Å². The lowest BCUT2D eigenvalue weighted by molar-refractivity contribution is -0.122. The van der Waals surface area contributed by atoms with Gasteiger partial charge < -0.3 is 16.0 Å². The number of rotatable bonds is 3. The van der Waals surface area contributed by atoms with E-state index in [9.17, 15) is 4.79 Å². The molecule has 3 N–H and O–H groups in total. The van der Waals surface area contributed by atoms with Crippen molar-refractivity contribution in [1.82, 2.24) is 10.2 Å². The van der Waals surface area contributed by atoms with Crippen LogP contribution in [-0.4, -0.2) is 43.0 Å². The first-order valence-electron chi connectivity index (χ1n) is 5.35. The molecule has 0 aromatic heterocycles. The molecule has 1 heterocycles. The molecule has 0 saturated carbocycles. The van der Waals surface area contributed by atoms with Crippen molar-refractivity contribution in [3.8, 4) is 0 Å². The molecule has 2 atom stereocenters. The maximum Gasteiger partial charge on any atom is 0.236 e. The third kappa shape index (κ3) is 3.27. The summed E-state index contributed by atoms with van der Waals surface area (Å²) in [6, 6.07) is 0.0929. The van der Waals surface area contributed by atoms with E-state index in [1.54, 1.807) is 6.92 Å². The highest BCUT2D eigenvalue weighted by Gasteiger charge is 2.19. The summed E-state index contributed by atoms with van der Waals surface area (Å²) in [5.41, 5.74) is 5.46. The Labute approximate surface area is 85.8 Å². The highest BCUT2D eigenvalue weighted by molar-refractivity contribution is 5.80. The summed E-state index contributed by atoms with van der Waals surface area (Å²) in [4.78, 5) is 13.5. The number of likely N-dealkylation sites (N-methyl/N-ethyl adjacent to an activating group) is 1. The van der Waals surface area contributed by atoms with Crippen LogP contribution in [0.2, 0.25) is 0 Å². The molecule has 0 spiro atoms. The summed E-state index contributed by atoms with van der Waals surface area (Å²) in [6.45, 7) is 3.58. The third-order valence-electron chi connectivity index (χ3n) is 2.85. The van der Waals surface area contributed by atoms with Gasteiger partial charge in [-0.3, -0.25) is 4.79 Å². The zero-order chi connectivity index (χ0) is 10.6. The molecule has 0 aromatic carbocycles. The Hall–Kier alpha value is -0.610. The minimum atomic E-state index is -0.399. The van der Waals surface area contributed by atoms with Crippen LogP contribution in [-0.2, 0) is 4.79 Å². The molecule has 1 aliphatic heterocycles. The molecule has 14 heavy (non-hydrogen) atoms. The van der Waals surface area contributed by atoms with Crippen LogP contribution in [0.15, 0.2) is 0 Å². The summed E-state index contributed by atoms with van der Waals surface area (Å²) in [5, 5.41) is 2.88. The number of amides is 1. The van der Waals surface area contributed by atoms with Gasteiger partial charge in [0.05, 0.1) is 6.04 Å². The molecule has 0 bridgehead atoms. The van der Waals surface area contributed by atoms with Gasteiger partial charge in [0.1, 0.15) is 0 Å². The molecule has 1 rings (SSSR count). The van der Waals surface area contributed by atoms with Crippen LogP contribution >= 0.6 is 0 Å². The van der Waals surface area contributed by atoms with Crippen molar-refractivity contribution in [3.05, 3.63) is 0 Å². The van der Waals surface area contributed by atoms with E-state index in [-0.39, 0.29) is 5.91 Å². The summed E-state index contributed by atoms with van der Waals surface area (Å²) in [5.74, 6) is -0.0519. The van der Waals surface area contributed by atoms with Gasteiger partial charge in [0.2, 0.25) is 5.91 Å². The summed E-state index contributed by atoms with van der Waals surface area (Å²) in [7, 11) is 2.11. The van der Waals surface area contributed by atoms with Crippen LogP contribution in [0, 0.1) is 0 Å².